The predicted octanol–water partition coefficient (Wildman–Crippen LogP) is -0.160. The van der Waals surface area contributed by atoms with Crippen LogP contribution < -0.4 is 10.1 Å². The van der Waals surface area contributed by atoms with Gasteiger partial charge in [-0.1, -0.05) is 0 Å². The summed E-state index contributed by atoms with van der Waals surface area (Å²) in [5.41, 5.74) is 0. The maximum Gasteiger partial charge on any atom is 0.261 e. The Bertz CT molecular complexity index is 326. The Labute approximate surface area is 91.3 Å². The number of aliphatic hydroxyl groups excluding tert-OH is 2. The van der Waals surface area contributed by atoms with Crippen molar-refractivity contribution in [3.63, 3.8) is 0 Å². The number of thiophene rings is 1. The molecule has 1 rings (SSSR count). The van der Waals surface area contributed by atoms with Gasteiger partial charge in [0, 0.05) is 18.0 Å². The van der Waals surface area contributed by atoms with Crippen LogP contribution in [0.2, 0.25) is 0 Å². The van der Waals surface area contributed by atoms with Crippen LogP contribution in [0, 0.1) is 0 Å². The van der Waals surface area contributed by atoms with Gasteiger partial charge < -0.3 is 20.3 Å². The fraction of sp³-hybridized carbons (Fsp3) is 0.444. The molecule has 1 atom stereocenters. The lowest BCUT2D eigenvalue weighted by Crippen LogP contribution is -2.33. The Morgan fingerprint density at radius 2 is 2.47 bits per heavy atom. The molecule has 0 fully saturated rings. The molecule has 1 unspecified atom stereocenters. The first kappa shape index (κ1) is 12.0. The monoisotopic (exact) mass is 231 g/mol. The van der Waals surface area contributed by atoms with E-state index in [1.165, 1.54) is 18.4 Å². The topological polar surface area (TPSA) is 78.8 Å². The van der Waals surface area contributed by atoms with Crippen LogP contribution in [-0.2, 0) is 0 Å². The fourth-order valence-corrected chi connectivity index (χ4v) is 1.68. The molecule has 3 N–H and O–H groups in total. The fourth-order valence-electron chi connectivity index (χ4n) is 0.907. The molecule has 0 aliphatic rings. The van der Waals surface area contributed by atoms with E-state index in [4.69, 9.17) is 14.9 Å². The Morgan fingerprint density at radius 3 is 3.00 bits per heavy atom. The van der Waals surface area contributed by atoms with Crippen LogP contribution in [-0.4, -0.2) is 42.5 Å². The molecule has 0 radical (unpaired) electrons. The largest absolute Gasteiger partial charge is 0.496 e. The third kappa shape index (κ3) is 3.50. The van der Waals surface area contributed by atoms with E-state index in [1.54, 1.807) is 11.4 Å². The van der Waals surface area contributed by atoms with Gasteiger partial charge in [-0.15, -0.1) is 11.3 Å². The van der Waals surface area contributed by atoms with Crippen molar-refractivity contribution < 1.29 is 19.7 Å². The van der Waals surface area contributed by atoms with E-state index in [0.29, 0.717) is 10.6 Å². The highest BCUT2D eigenvalue weighted by Crippen LogP contribution is 2.20. The summed E-state index contributed by atoms with van der Waals surface area (Å²) in [6.07, 6.45) is -0.921. The van der Waals surface area contributed by atoms with Crippen LogP contribution in [0.5, 0.6) is 5.75 Å². The molecule has 1 aromatic heterocycles. The second kappa shape index (κ2) is 5.69. The summed E-state index contributed by atoms with van der Waals surface area (Å²) in [4.78, 5) is 12.0. The van der Waals surface area contributed by atoms with Crippen molar-refractivity contribution in [1.82, 2.24) is 5.32 Å². The van der Waals surface area contributed by atoms with Gasteiger partial charge in [0.1, 0.15) is 5.75 Å². The number of nitrogens with one attached hydrogen (secondary N) is 1. The van der Waals surface area contributed by atoms with Gasteiger partial charge in [0.2, 0.25) is 0 Å². The molecule has 0 bridgehead atoms. The number of ether oxygens (including phenoxy) is 1. The first-order valence-electron chi connectivity index (χ1n) is 4.37. The van der Waals surface area contributed by atoms with E-state index < -0.39 is 6.10 Å². The zero-order valence-electron chi connectivity index (χ0n) is 8.27. The highest BCUT2D eigenvalue weighted by Gasteiger charge is 2.10. The Morgan fingerprint density at radius 1 is 1.73 bits per heavy atom. The van der Waals surface area contributed by atoms with Crippen molar-refractivity contribution in [2.75, 3.05) is 20.3 Å². The smallest absolute Gasteiger partial charge is 0.261 e. The van der Waals surface area contributed by atoms with Gasteiger partial charge in [0.05, 0.1) is 24.7 Å². The molecule has 0 saturated carbocycles. The van der Waals surface area contributed by atoms with Gasteiger partial charge in [-0.3, -0.25) is 4.79 Å². The summed E-state index contributed by atoms with van der Waals surface area (Å²) in [6.45, 7) is -0.330. The first-order valence-corrected chi connectivity index (χ1v) is 5.25. The van der Waals surface area contributed by atoms with Crippen molar-refractivity contribution in [3.05, 3.63) is 16.3 Å². The molecule has 0 aliphatic carbocycles. The van der Waals surface area contributed by atoms with E-state index in [0.717, 1.165) is 0 Å². The zero-order chi connectivity index (χ0) is 11.3. The minimum absolute atomic E-state index is 0.0373. The van der Waals surface area contributed by atoms with Crippen LogP contribution in [0.15, 0.2) is 11.4 Å². The lowest BCUT2D eigenvalue weighted by Gasteiger charge is -2.07. The second-order valence-corrected chi connectivity index (χ2v) is 3.81. The van der Waals surface area contributed by atoms with Crippen LogP contribution >= 0.6 is 11.3 Å². The van der Waals surface area contributed by atoms with Crippen molar-refractivity contribution in [1.29, 1.82) is 0 Å². The van der Waals surface area contributed by atoms with Gasteiger partial charge >= 0.3 is 0 Å². The van der Waals surface area contributed by atoms with Gasteiger partial charge in [0.25, 0.3) is 5.91 Å². The lowest BCUT2D eigenvalue weighted by atomic mass is 10.3. The van der Waals surface area contributed by atoms with Gasteiger partial charge in [0.15, 0.2) is 0 Å². The number of carbonyl (C=O) groups is 1. The predicted molar refractivity (Wildman–Crippen MR) is 56.3 cm³/mol. The van der Waals surface area contributed by atoms with Crippen molar-refractivity contribution in [2.45, 2.75) is 6.10 Å². The molecule has 84 valence electrons. The van der Waals surface area contributed by atoms with E-state index in [-0.39, 0.29) is 19.1 Å². The highest BCUT2D eigenvalue weighted by molar-refractivity contribution is 7.12. The minimum atomic E-state index is -0.921. The summed E-state index contributed by atoms with van der Waals surface area (Å²) in [5.74, 6) is 0.351. The molecule has 6 heteroatoms. The number of methoxy groups -OCH3 is 1. The number of aliphatic hydroxyl groups is 2. The quantitative estimate of drug-likeness (QED) is 0.658. The average Bonchev–Trinajstić information content (AvgIpc) is 2.73. The Kier molecular flexibility index (Phi) is 4.54. The van der Waals surface area contributed by atoms with Crippen molar-refractivity contribution in [3.8, 4) is 5.75 Å². The molecule has 0 aliphatic heterocycles. The number of amides is 1. The summed E-state index contributed by atoms with van der Waals surface area (Å²) in [6, 6.07) is 1.62. The number of rotatable bonds is 5. The molecule has 1 aromatic rings. The van der Waals surface area contributed by atoms with E-state index in [1.807, 2.05) is 0 Å². The second-order valence-electron chi connectivity index (χ2n) is 2.90. The van der Waals surface area contributed by atoms with Crippen molar-refractivity contribution in [2.24, 2.45) is 0 Å². The maximum absolute atomic E-state index is 11.4. The highest BCUT2D eigenvalue weighted by atomic mass is 32.1. The van der Waals surface area contributed by atoms with Crippen LogP contribution in [0.3, 0.4) is 0 Å². The van der Waals surface area contributed by atoms with E-state index in [9.17, 15) is 4.79 Å². The first-order chi connectivity index (χ1) is 7.17. The van der Waals surface area contributed by atoms with E-state index in [2.05, 4.69) is 5.32 Å². The molecule has 15 heavy (non-hydrogen) atoms. The molecule has 0 saturated heterocycles. The van der Waals surface area contributed by atoms with Crippen LogP contribution in [0.25, 0.3) is 0 Å². The third-order valence-corrected chi connectivity index (χ3v) is 2.65. The summed E-state index contributed by atoms with van der Waals surface area (Å²) < 4.78 is 4.93. The summed E-state index contributed by atoms with van der Waals surface area (Å²) in [7, 11) is 1.53. The average molecular weight is 231 g/mol. The molecule has 5 nitrogen and oxygen atoms in total. The number of hydrogen-bond donors (Lipinski definition) is 3. The molecule has 1 amide bonds. The standard InChI is InChI=1S/C9H13NO4S/c1-14-7-2-8(15-5-7)9(13)10-3-6(12)4-11/h2,5-6,11-12H,3-4H2,1H3,(H,10,13). The third-order valence-electron chi connectivity index (χ3n) is 1.74. The minimum Gasteiger partial charge on any atom is -0.496 e. The molecule has 1 heterocycles. The van der Waals surface area contributed by atoms with Crippen LogP contribution in [0.4, 0.5) is 0 Å². The van der Waals surface area contributed by atoms with E-state index >= 15 is 0 Å². The molecular weight excluding hydrogens is 218 g/mol. The normalized spacial score (nSPS) is 12.2. The van der Waals surface area contributed by atoms with Crippen LogP contribution in [0.1, 0.15) is 9.67 Å². The Hall–Kier alpha value is -1.11. The van der Waals surface area contributed by atoms with Gasteiger partial charge in [-0.05, 0) is 0 Å². The summed E-state index contributed by atoms with van der Waals surface area (Å²) >= 11 is 1.26. The van der Waals surface area contributed by atoms with Gasteiger partial charge in [-0.25, -0.2) is 0 Å². The Balaban J connectivity index is 2.46. The number of hydrogen-bond acceptors (Lipinski definition) is 5. The summed E-state index contributed by atoms with van der Waals surface area (Å²) in [5, 5.41) is 21.8. The van der Waals surface area contributed by atoms with Crippen molar-refractivity contribution >= 4 is 17.2 Å². The molecule has 0 aromatic carbocycles. The SMILES string of the molecule is COc1csc(C(=O)NCC(O)CO)c1. The zero-order valence-corrected chi connectivity index (χ0v) is 9.08. The van der Waals surface area contributed by atoms with Gasteiger partial charge in [-0.2, -0.15) is 0 Å². The molecular formula is C9H13NO4S. The maximum atomic E-state index is 11.4. The lowest BCUT2D eigenvalue weighted by molar-refractivity contribution is 0.0804. The number of carbonyl (C=O) groups excluding carboxylic acids is 1. The molecule has 0 spiro atoms.